The summed E-state index contributed by atoms with van der Waals surface area (Å²) in [7, 11) is 3.20. The lowest BCUT2D eigenvalue weighted by molar-refractivity contribution is -0.0914. The van der Waals surface area contributed by atoms with Crippen LogP contribution < -0.4 is 5.32 Å². The number of anilines is 1. The van der Waals surface area contributed by atoms with Crippen molar-refractivity contribution < 1.29 is 9.47 Å². The molecule has 2 heterocycles. The molecule has 0 amide bonds. The van der Waals surface area contributed by atoms with E-state index < -0.39 is 0 Å². The third-order valence-corrected chi connectivity index (χ3v) is 3.91. The molecule has 7 heteroatoms. The Bertz CT molecular complexity index is 842. The Labute approximate surface area is 140 Å². The van der Waals surface area contributed by atoms with E-state index in [1.54, 1.807) is 20.4 Å². The average Bonchev–Trinajstić information content (AvgIpc) is 3.00. The molecule has 0 spiro atoms. The van der Waals surface area contributed by atoms with Crippen molar-refractivity contribution in [1.82, 2.24) is 19.7 Å². The van der Waals surface area contributed by atoms with Crippen LogP contribution in [0.5, 0.6) is 0 Å². The van der Waals surface area contributed by atoms with Crippen molar-refractivity contribution in [3.63, 3.8) is 0 Å². The van der Waals surface area contributed by atoms with Gasteiger partial charge in [0.05, 0.1) is 23.8 Å². The molecule has 0 radical (unpaired) electrons. The molecule has 0 aliphatic carbocycles. The van der Waals surface area contributed by atoms with Crippen molar-refractivity contribution in [2.24, 2.45) is 0 Å². The third kappa shape index (κ3) is 3.08. The van der Waals surface area contributed by atoms with Gasteiger partial charge in [-0.1, -0.05) is 17.7 Å². The number of aromatic nitrogens is 4. The summed E-state index contributed by atoms with van der Waals surface area (Å²) in [4.78, 5) is 8.70. The Hall–Kier alpha value is -2.51. The zero-order valence-electron chi connectivity index (χ0n) is 14.3. The highest BCUT2D eigenvalue weighted by Gasteiger charge is 2.13. The lowest BCUT2D eigenvalue weighted by atomic mass is 10.1. The maximum absolute atomic E-state index is 5.19. The molecule has 0 saturated heterocycles. The topological polar surface area (TPSA) is 74.1 Å². The predicted molar refractivity (Wildman–Crippen MR) is 92.4 cm³/mol. The first-order chi connectivity index (χ1) is 11.6. The van der Waals surface area contributed by atoms with Crippen LogP contribution in [0, 0.1) is 13.8 Å². The molecule has 126 valence electrons. The van der Waals surface area contributed by atoms with E-state index in [0.717, 1.165) is 22.3 Å². The minimum atomic E-state index is -0.343. The number of hydrogen-bond acceptors (Lipinski definition) is 6. The fraction of sp³-hybridized carbons (Fsp3) is 0.353. The SMILES string of the molecule is COC(CNc1ncnc2c1cnn2-c1ccc(C)cc1C)OC. The summed E-state index contributed by atoms with van der Waals surface area (Å²) in [5.74, 6) is 0.704. The largest absolute Gasteiger partial charge is 0.364 e. The van der Waals surface area contributed by atoms with E-state index >= 15 is 0 Å². The Kier molecular flexibility index (Phi) is 4.73. The Morgan fingerprint density at radius 1 is 1.17 bits per heavy atom. The van der Waals surface area contributed by atoms with Gasteiger partial charge >= 0.3 is 0 Å². The number of fused-ring (bicyclic) bond motifs is 1. The maximum Gasteiger partial charge on any atom is 0.173 e. The Morgan fingerprint density at radius 3 is 2.67 bits per heavy atom. The molecule has 0 bridgehead atoms. The number of nitrogens with one attached hydrogen (secondary N) is 1. The fourth-order valence-corrected chi connectivity index (χ4v) is 2.65. The molecule has 0 aliphatic heterocycles. The third-order valence-electron chi connectivity index (χ3n) is 3.91. The van der Waals surface area contributed by atoms with Crippen LogP contribution in [0.25, 0.3) is 16.7 Å². The lowest BCUT2D eigenvalue weighted by Crippen LogP contribution is -2.24. The van der Waals surface area contributed by atoms with Crippen LogP contribution in [0.1, 0.15) is 11.1 Å². The first kappa shape index (κ1) is 16.4. The van der Waals surface area contributed by atoms with Crippen molar-refractivity contribution in [2.45, 2.75) is 20.1 Å². The van der Waals surface area contributed by atoms with Gasteiger partial charge < -0.3 is 14.8 Å². The van der Waals surface area contributed by atoms with E-state index in [0.29, 0.717) is 12.4 Å². The summed E-state index contributed by atoms with van der Waals surface area (Å²) in [6.45, 7) is 4.62. The van der Waals surface area contributed by atoms with Crippen LogP contribution in [0.4, 0.5) is 5.82 Å². The summed E-state index contributed by atoms with van der Waals surface area (Å²) < 4.78 is 12.2. The highest BCUT2D eigenvalue weighted by atomic mass is 16.7. The number of hydrogen-bond donors (Lipinski definition) is 1. The highest BCUT2D eigenvalue weighted by Crippen LogP contribution is 2.23. The van der Waals surface area contributed by atoms with Gasteiger partial charge in [0.1, 0.15) is 12.1 Å². The second kappa shape index (κ2) is 6.94. The van der Waals surface area contributed by atoms with Crippen LogP contribution in [0.15, 0.2) is 30.7 Å². The van der Waals surface area contributed by atoms with Gasteiger partial charge in [-0.25, -0.2) is 14.6 Å². The van der Waals surface area contributed by atoms with Crippen LogP contribution in [0.3, 0.4) is 0 Å². The van der Waals surface area contributed by atoms with Crippen LogP contribution in [0.2, 0.25) is 0 Å². The second-order valence-corrected chi connectivity index (χ2v) is 5.59. The number of aryl methyl sites for hydroxylation is 2. The number of benzene rings is 1. The van der Waals surface area contributed by atoms with Gasteiger partial charge in [0.25, 0.3) is 0 Å². The first-order valence-electron chi connectivity index (χ1n) is 7.70. The molecule has 0 fully saturated rings. The number of methoxy groups -OCH3 is 2. The zero-order valence-corrected chi connectivity index (χ0v) is 14.3. The van der Waals surface area contributed by atoms with E-state index in [1.165, 1.54) is 11.9 Å². The van der Waals surface area contributed by atoms with Gasteiger partial charge in [-0.2, -0.15) is 5.10 Å². The highest BCUT2D eigenvalue weighted by molar-refractivity contribution is 5.87. The molecule has 0 saturated carbocycles. The lowest BCUT2D eigenvalue weighted by Gasteiger charge is -2.14. The summed E-state index contributed by atoms with van der Waals surface area (Å²) in [5, 5.41) is 8.57. The standard InChI is InChI=1S/C17H21N5O2/c1-11-5-6-14(12(2)7-11)22-17-13(8-21-22)16(19-10-20-17)18-9-15(23-3)24-4/h5-8,10,15H,9H2,1-4H3,(H,18,19,20). The molecule has 7 nitrogen and oxygen atoms in total. The van der Waals surface area contributed by atoms with Crippen molar-refractivity contribution in [1.29, 1.82) is 0 Å². The maximum atomic E-state index is 5.19. The monoisotopic (exact) mass is 327 g/mol. The molecule has 0 atom stereocenters. The Morgan fingerprint density at radius 2 is 1.96 bits per heavy atom. The molecule has 3 rings (SSSR count). The van der Waals surface area contributed by atoms with E-state index in [1.807, 2.05) is 4.68 Å². The molecule has 3 aromatic rings. The summed E-state index contributed by atoms with van der Waals surface area (Å²) in [5.41, 5.74) is 4.12. The second-order valence-electron chi connectivity index (χ2n) is 5.59. The van der Waals surface area contributed by atoms with Gasteiger partial charge in [-0.05, 0) is 25.5 Å². The summed E-state index contributed by atoms with van der Waals surface area (Å²) in [6.07, 6.45) is 2.96. The van der Waals surface area contributed by atoms with E-state index in [-0.39, 0.29) is 6.29 Å². The van der Waals surface area contributed by atoms with Gasteiger partial charge in [0.2, 0.25) is 0 Å². The molecule has 1 N–H and O–H groups in total. The molecular weight excluding hydrogens is 306 g/mol. The van der Waals surface area contributed by atoms with Crippen molar-refractivity contribution in [3.05, 3.63) is 41.9 Å². The Balaban J connectivity index is 1.97. The quantitative estimate of drug-likeness (QED) is 0.701. The molecule has 0 aliphatic rings. The number of nitrogens with zero attached hydrogens (tertiary/aromatic N) is 4. The van der Waals surface area contributed by atoms with Crippen LogP contribution >= 0.6 is 0 Å². The van der Waals surface area contributed by atoms with Gasteiger partial charge in [-0.15, -0.1) is 0 Å². The fourth-order valence-electron chi connectivity index (χ4n) is 2.65. The zero-order chi connectivity index (χ0) is 17.1. The minimum absolute atomic E-state index is 0.343. The number of ether oxygens (including phenoxy) is 2. The van der Waals surface area contributed by atoms with E-state index in [4.69, 9.17) is 9.47 Å². The van der Waals surface area contributed by atoms with Crippen LogP contribution in [-0.2, 0) is 9.47 Å². The average molecular weight is 327 g/mol. The van der Waals surface area contributed by atoms with Gasteiger partial charge in [0, 0.05) is 14.2 Å². The van der Waals surface area contributed by atoms with Crippen LogP contribution in [-0.4, -0.2) is 46.8 Å². The molecular formula is C17H21N5O2. The van der Waals surface area contributed by atoms with Gasteiger partial charge in [-0.3, -0.25) is 0 Å². The summed E-state index contributed by atoms with van der Waals surface area (Å²) in [6, 6.07) is 6.25. The van der Waals surface area contributed by atoms with E-state index in [2.05, 4.69) is 52.4 Å². The van der Waals surface area contributed by atoms with Crippen molar-refractivity contribution in [3.8, 4) is 5.69 Å². The number of rotatable bonds is 6. The van der Waals surface area contributed by atoms with E-state index in [9.17, 15) is 0 Å². The molecule has 0 unspecified atom stereocenters. The smallest absolute Gasteiger partial charge is 0.173 e. The first-order valence-corrected chi connectivity index (χ1v) is 7.70. The molecule has 1 aromatic carbocycles. The van der Waals surface area contributed by atoms with Crippen molar-refractivity contribution in [2.75, 3.05) is 26.1 Å². The molecule has 24 heavy (non-hydrogen) atoms. The summed E-state index contributed by atoms with van der Waals surface area (Å²) >= 11 is 0. The minimum Gasteiger partial charge on any atom is -0.364 e. The molecule has 2 aromatic heterocycles. The van der Waals surface area contributed by atoms with Crippen molar-refractivity contribution >= 4 is 16.9 Å². The van der Waals surface area contributed by atoms with Gasteiger partial charge in [0.15, 0.2) is 11.9 Å². The normalized spacial score (nSPS) is 11.4. The predicted octanol–water partition coefficient (Wildman–Crippen LogP) is 2.46.